The third kappa shape index (κ3) is 4.37. The van der Waals surface area contributed by atoms with Gasteiger partial charge in [0.15, 0.2) is 0 Å². The van der Waals surface area contributed by atoms with E-state index in [0.717, 1.165) is 79.7 Å². The van der Waals surface area contributed by atoms with Crippen LogP contribution in [0, 0.1) is 34.0 Å². The van der Waals surface area contributed by atoms with Gasteiger partial charge in [-0.05, 0) is 84.1 Å². The highest BCUT2D eigenvalue weighted by Crippen LogP contribution is 2.39. The van der Waals surface area contributed by atoms with E-state index >= 15 is 0 Å². The van der Waals surface area contributed by atoms with E-state index in [1.165, 1.54) is 10.8 Å². The van der Waals surface area contributed by atoms with E-state index in [2.05, 4.69) is 112 Å². The summed E-state index contributed by atoms with van der Waals surface area (Å²) in [5.41, 5.74) is 12.5. The second-order valence-corrected chi connectivity index (χ2v) is 12.6. The van der Waals surface area contributed by atoms with E-state index in [1.54, 1.807) is 0 Å². The zero-order chi connectivity index (χ0) is 33.8. The van der Waals surface area contributed by atoms with Gasteiger partial charge in [-0.2, -0.15) is 15.8 Å². The summed E-state index contributed by atoms with van der Waals surface area (Å²) in [5, 5.41) is 33.8. The summed E-state index contributed by atoms with van der Waals surface area (Å²) in [4.78, 5) is 0. The predicted octanol–water partition coefficient (Wildman–Crippen LogP) is 10.6. The first-order valence-electron chi connectivity index (χ1n) is 16.6. The number of aromatic nitrogens is 2. The third-order valence-corrected chi connectivity index (χ3v) is 9.92. The molecule has 5 heteroatoms. The fraction of sp³-hybridized carbons (Fsp3) is 0.0444. The molecule has 9 rings (SSSR count). The molecule has 1 aliphatic carbocycles. The van der Waals surface area contributed by atoms with Crippen molar-refractivity contribution in [2.24, 2.45) is 0 Å². The number of rotatable bonds is 4. The molecule has 232 valence electrons. The molecular weight excluding hydrogens is 611 g/mol. The maximum absolute atomic E-state index is 10.5. The minimum absolute atomic E-state index is 0.544. The van der Waals surface area contributed by atoms with Gasteiger partial charge in [0.1, 0.15) is 6.07 Å². The fourth-order valence-corrected chi connectivity index (χ4v) is 7.70. The molecule has 0 spiro atoms. The molecule has 0 saturated carbocycles. The van der Waals surface area contributed by atoms with E-state index < -0.39 is 0 Å². The van der Waals surface area contributed by atoms with Gasteiger partial charge in [0.05, 0.1) is 56.8 Å². The smallest absolute Gasteiger partial charge is 0.101 e. The molecule has 0 atom stereocenters. The van der Waals surface area contributed by atoms with Crippen LogP contribution in [0.15, 0.2) is 133 Å². The van der Waals surface area contributed by atoms with Crippen LogP contribution in [0.5, 0.6) is 0 Å². The predicted molar refractivity (Wildman–Crippen MR) is 200 cm³/mol. The monoisotopic (exact) mass is 637 g/mol. The zero-order valence-electron chi connectivity index (χ0n) is 26.9. The number of fused-ring (bicyclic) bond motifs is 6. The number of allylic oxidation sites excluding steroid dienone is 1. The van der Waals surface area contributed by atoms with E-state index in [0.29, 0.717) is 16.7 Å². The van der Waals surface area contributed by atoms with Gasteiger partial charge in [0, 0.05) is 33.0 Å². The molecule has 0 saturated heterocycles. The minimum Gasteiger partial charge on any atom is -0.312 e. The average Bonchev–Trinajstić information content (AvgIpc) is 3.70. The molecule has 0 amide bonds. The van der Waals surface area contributed by atoms with Gasteiger partial charge in [0.25, 0.3) is 0 Å². The first kappa shape index (κ1) is 29.0. The Bertz CT molecular complexity index is 2810. The highest BCUT2D eigenvalue weighted by Gasteiger charge is 2.22. The summed E-state index contributed by atoms with van der Waals surface area (Å²) in [6, 6.07) is 50.0. The lowest BCUT2D eigenvalue weighted by Crippen LogP contribution is -2.05. The fourth-order valence-electron chi connectivity index (χ4n) is 7.70. The Hall–Kier alpha value is -7.13. The van der Waals surface area contributed by atoms with Crippen molar-refractivity contribution >= 4 is 38.8 Å². The number of nitrogens with zero attached hydrogens (tertiary/aromatic N) is 5. The topological polar surface area (TPSA) is 81.2 Å². The Kier molecular flexibility index (Phi) is 6.70. The normalized spacial score (nSPS) is 12.1. The number of nitriles is 3. The molecule has 0 radical (unpaired) electrons. The van der Waals surface area contributed by atoms with Crippen molar-refractivity contribution in [2.75, 3.05) is 0 Å². The van der Waals surface area contributed by atoms with Crippen molar-refractivity contribution in [3.05, 3.63) is 161 Å². The maximum Gasteiger partial charge on any atom is 0.101 e. The summed E-state index contributed by atoms with van der Waals surface area (Å²) >= 11 is 0. The first-order valence-corrected chi connectivity index (χ1v) is 16.6. The molecule has 2 aromatic heterocycles. The van der Waals surface area contributed by atoms with Crippen molar-refractivity contribution in [2.45, 2.75) is 12.8 Å². The molecule has 6 aromatic carbocycles. The Morgan fingerprint density at radius 2 is 1.18 bits per heavy atom. The second-order valence-electron chi connectivity index (χ2n) is 12.6. The molecule has 2 heterocycles. The molecule has 8 aromatic rings. The van der Waals surface area contributed by atoms with Gasteiger partial charge in [-0.3, -0.25) is 0 Å². The van der Waals surface area contributed by atoms with Crippen LogP contribution >= 0.6 is 0 Å². The van der Waals surface area contributed by atoms with Crippen LogP contribution in [0.1, 0.15) is 34.4 Å². The van der Waals surface area contributed by atoms with Gasteiger partial charge in [-0.1, -0.05) is 84.9 Å². The Morgan fingerprint density at radius 3 is 1.94 bits per heavy atom. The molecular formula is C45H27N5. The molecule has 0 fully saturated rings. The molecule has 50 heavy (non-hydrogen) atoms. The van der Waals surface area contributed by atoms with Crippen LogP contribution in [-0.2, 0) is 6.42 Å². The number of para-hydroxylation sites is 3. The van der Waals surface area contributed by atoms with Gasteiger partial charge in [-0.25, -0.2) is 0 Å². The van der Waals surface area contributed by atoms with Crippen LogP contribution in [0.3, 0.4) is 0 Å². The number of benzene rings is 6. The molecule has 0 unspecified atom stereocenters. The van der Waals surface area contributed by atoms with E-state index in [-0.39, 0.29) is 0 Å². The largest absolute Gasteiger partial charge is 0.312 e. The van der Waals surface area contributed by atoms with Crippen molar-refractivity contribution < 1.29 is 0 Å². The van der Waals surface area contributed by atoms with Crippen molar-refractivity contribution in [1.29, 1.82) is 15.8 Å². The Morgan fingerprint density at radius 1 is 0.500 bits per heavy atom. The lowest BCUT2D eigenvalue weighted by molar-refractivity contribution is 0.887. The lowest BCUT2D eigenvalue weighted by Gasteiger charge is -2.17. The van der Waals surface area contributed by atoms with Crippen molar-refractivity contribution in [3.8, 4) is 51.8 Å². The Labute approximate surface area is 289 Å². The van der Waals surface area contributed by atoms with Gasteiger partial charge < -0.3 is 9.13 Å². The van der Waals surface area contributed by atoms with Gasteiger partial charge >= 0.3 is 0 Å². The second kappa shape index (κ2) is 11.5. The highest BCUT2D eigenvalue weighted by molar-refractivity contribution is 6.09. The lowest BCUT2D eigenvalue weighted by atomic mass is 9.93. The van der Waals surface area contributed by atoms with E-state index in [9.17, 15) is 15.8 Å². The summed E-state index contributed by atoms with van der Waals surface area (Å²) < 4.78 is 4.48. The van der Waals surface area contributed by atoms with Crippen molar-refractivity contribution in [3.63, 3.8) is 0 Å². The average molecular weight is 638 g/mol. The van der Waals surface area contributed by atoms with Crippen LogP contribution in [0.4, 0.5) is 0 Å². The molecule has 0 bridgehead atoms. The number of hydrogen-bond acceptors (Lipinski definition) is 3. The van der Waals surface area contributed by atoms with Crippen LogP contribution in [-0.4, -0.2) is 9.13 Å². The third-order valence-electron chi connectivity index (χ3n) is 9.92. The molecule has 0 aliphatic heterocycles. The van der Waals surface area contributed by atoms with Gasteiger partial charge in [-0.15, -0.1) is 0 Å². The summed E-state index contributed by atoms with van der Waals surface area (Å²) in [6.45, 7) is 0. The molecule has 5 nitrogen and oxygen atoms in total. The molecule has 0 N–H and O–H groups in total. The quantitative estimate of drug-likeness (QED) is 0.193. The Balaban J connectivity index is 1.20. The van der Waals surface area contributed by atoms with Crippen LogP contribution in [0.25, 0.3) is 72.4 Å². The van der Waals surface area contributed by atoms with E-state index in [4.69, 9.17) is 0 Å². The summed E-state index contributed by atoms with van der Waals surface area (Å²) in [7, 11) is 0. The maximum atomic E-state index is 10.5. The highest BCUT2D eigenvalue weighted by atomic mass is 15.0. The molecule has 1 aliphatic rings. The van der Waals surface area contributed by atoms with Crippen molar-refractivity contribution in [1.82, 2.24) is 9.13 Å². The summed E-state index contributed by atoms with van der Waals surface area (Å²) in [5.74, 6) is 0. The minimum atomic E-state index is 0.544. The zero-order valence-corrected chi connectivity index (χ0v) is 26.9. The van der Waals surface area contributed by atoms with Gasteiger partial charge in [0.2, 0.25) is 0 Å². The van der Waals surface area contributed by atoms with Crippen LogP contribution in [0.2, 0.25) is 0 Å². The first-order chi connectivity index (χ1) is 24.7. The summed E-state index contributed by atoms with van der Waals surface area (Å²) in [6.07, 6.45) is 6.00. The standard InChI is InChI=1S/C45H27N5/c46-26-29-17-22-44-39(23-29)38-12-4-8-16-43(38)50(44)45-25-31(18-19-32(45)27-47)34-21-20-30(24-33(34)28-48)35-9-1-5-13-40(35)49-41-14-6-2-10-36(41)37-11-3-7-15-42(37)49/h1-7,9-15,17-25H,8,16H2. The van der Waals surface area contributed by atoms with Crippen LogP contribution < -0.4 is 0 Å². The SMILES string of the molecule is N#Cc1ccc2c(c1)c1c(n2-c2cc(-c3ccc(-c4ccccc4-n4c5ccccc5c5ccccc54)cc3C#N)ccc2C#N)CCC=C1. The van der Waals surface area contributed by atoms with E-state index in [1.807, 2.05) is 54.6 Å². The number of hydrogen-bond donors (Lipinski definition) is 0.